The van der Waals surface area contributed by atoms with Crippen LogP contribution in [0.2, 0.25) is 5.02 Å². The third kappa shape index (κ3) is 2.67. The second-order valence-corrected chi connectivity index (χ2v) is 8.65. The Balaban J connectivity index is 1.78. The van der Waals surface area contributed by atoms with Gasteiger partial charge >= 0.3 is 5.76 Å². The topological polar surface area (TPSA) is 72.5 Å². The molecule has 0 spiro atoms. The van der Waals surface area contributed by atoms with E-state index >= 15 is 0 Å². The highest BCUT2D eigenvalue weighted by molar-refractivity contribution is 7.89. The van der Waals surface area contributed by atoms with Crippen molar-refractivity contribution in [3.05, 3.63) is 63.6 Å². The molecule has 1 aliphatic heterocycles. The highest BCUT2D eigenvalue weighted by Gasteiger charge is 2.37. The van der Waals surface area contributed by atoms with Gasteiger partial charge in [-0.2, -0.15) is 4.31 Å². The van der Waals surface area contributed by atoms with Gasteiger partial charge in [-0.3, -0.25) is 4.57 Å². The summed E-state index contributed by atoms with van der Waals surface area (Å²) in [6.45, 7) is 0.426. The van der Waals surface area contributed by atoms with Crippen molar-refractivity contribution in [1.82, 2.24) is 8.87 Å². The van der Waals surface area contributed by atoms with Gasteiger partial charge < -0.3 is 4.42 Å². The van der Waals surface area contributed by atoms with E-state index in [4.69, 9.17) is 16.0 Å². The molecule has 1 aliphatic rings. The van der Waals surface area contributed by atoms with E-state index in [1.54, 1.807) is 19.2 Å². The molecular weight excluding hydrogens is 376 g/mol. The Kier molecular flexibility index (Phi) is 4.17. The average molecular weight is 393 g/mol. The minimum absolute atomic E-state index is 0.110. The predicted octanol–water partition coefficient (Wildman–Crippen LogP) is 3.31. The van der Waals surface area contributed by atoms with E-state index in [0.717, 1.165) is 12.0 Å². The van der Waals surface area contributed by atoms with Crippen LogP contribution in [0.4, 0.5) is 0 Å². The van der Waals surface area contributed by atoms with E-state index in [1.807, 2.05) is 18.2 Å². The monoisotopic (exact) mass is 392 g/mol. The fraction of sp³-hybridized carbons (Fsp3) is 0.278. The Hall–Kier alpha value is -2.09. The van der Waals surface area contributed by atoms with E-state index in [2.05, 4.69) is 0 Å². The average Bonchev–Trinajstić information content (AvgIpc) is 3.21. The normalized spacial score (nSPS) is 18.6. The van der Waals surface area contributed by atoms with Crippen molar-refractivity contribution in [3.8, 4) is 0 Å². The maximum Gasteiger partial charge on any atom is 0.419 e. The molecule has 4 rings (SSSR count). The minimum atomic E-state index is -3.74. The van der Waals surface area contributed by atoms with Crippen LogP contribution in [0, 0.1) is 0 Å². The van der Waals surface area contributed by atoms with Crippen LogP contribution in [-0.2, 0) is 17.1 Å². The second-order valence-electron chi connectivity index (χ2n) is 6.35. The largest absolute Gasteiger partial charge is 0.419 e. The number of hydrogen-bond acceptors (Lipinski definition) is 4. The molecule has 3 aromatic rings. The summed E-state index contributed by atoms with van der Waals surface area (Å²) in [6.07, 6.45) is 1.48. The van der Waals surface area contributed by atoms with Gasteiger partial charge in [0.05, 0.1) is 16.5 Å². The maximum atomic E-state index is 13.2. The van der Waals surface area contributed by atoms with E-state index in [0.29, 0.717) is 23.5 Å². The van der Waals surface area contributed by atoms with Gasteiger partial charge in [0.2, 0.25) is 10.0 Å². The quantitative estimate of drug-likeness (QED) is 0.685. The van der Waals surface area contributed by atoms with Crippen molar-refractivity contribution in [2.75, 3.05) is 6.54 Å². The van der Waals surface area contributed by atoms with Crippen molar-refractivity contribution >= 4 is 32.7 Å². The molecule has 1 aromatic heterocycles. The Morgan fingerprint density at radius 3 is 2.73 bits per heavy atom. The highest BCUT2D eigenvalue weighted by atomic mass is 35.5. The standard InChI is InChI=1S/C18H17ClN2O4S/c1-20-16-9-8-12(11-17(16)25-18(20)22)26(23,24)21-10-4-7-15(21)13-5-2-3-6-14(13)19/h2-3,5-6,8-9,11,15H,4,7,10H2,1H3/t15-/m1/s1. The lowest BCUT2D eigenvalue weighted by Gasteiger charge is -2.25. The van der Waals surface area contributed by atoms with Crippen molar-refractivity contribution in [2.24, 2.45) is 7.05 Å². The molecule has 0 amide bonds. The third-order valence-electron chi connectivity index (χ3n) is 4.84. The summed E-state index contributed by atoms with van der Waals surface area (Å²) in [5, 5.41) is 0.559. The van der Waals surface area contributed by atoms with Crippen molar-refractivity contribution < 1.29 is 12.8 Å². The zero-order valence-electron chi connectivity index (χ0n) is 14.1. The first-order valence-electron chi connectivity index (χ1n) is 8.25. The molecular formula is C18H17ClN2O4S. The number of oxazole rings is 1. The molecule has 1 saturated heterocycles. The molecule has 136 valence electrons. The van der Waals surface area contributed by atoms with Crippen LogP contribution in [0.1, 0.15) is 24.4 Å². The predicted molar refractivity (Wildman–Crippen MR) is 98.8 cm³/mol. The summed E-state index contributed by atoms with van der Waals surface area (Å²) in [5.41, 5.74) is 1.62. The van der Waals surface area contributed by atoms with E-state index in [9.17, 15) is 13.2 Å². The molecule has 0 saturated carbocycles. The smallest absolute Gasteiger partial charge is 0.408 e. The Morgan fingerprint density at radius 2 is 1.96 bits per heavy atom. The molecule has 1 fully saturated rings. The first-order chi connectivity index (χ1) is 12.4. The number of fused-ring (bicyclic) bond motifs is 1. The molecule has 0 unspecified atom stereocenters. The van der Waals surface area contributed by atoms with Crippen LogP contribution in [0.25, 0.3) is 11.1 Å². The minimum Gasteiger partial charge on any atom is -0.408 e. The van der Waals surface area contributed by atoms with Crippen molar-refractivity contribution in [3.63, 3.8) is 0 Å². The van der Waals surface area contributed by atoms with Crippen LogP contribution in [0.3, 0.4) is 0 Å². The molecule has 0 N–H and O–H groups in total. The third-order valence-corrected chi connectivity index (χ3v) is 7.09. The molecule has 2 heterocycles. The lowest BCUT2D eigenvalue weighted by Crippen LogP contribution is -2.30. The SMILES string of the molecule is Cn1c(=O)oc2cc(S(=O)(=O)N3CCC[C@@H]3c3ccccc3Cl)ccc21. The van der Waals surface area contributed by atoms with E-state index in [-0.39, 0.29) is 16.5 Å². The maximum absolute atomic E-state index is 13.2. The summed E-state index contributed by atoms with van der Waals surface area (Å²) in [7, 11) is -2.16. The van der Waals surface area contributed by atoms with Gasteiger partial charge in [0.1, 0.15) is 0 Å². The second kappa shape index (κ2) is 6.26. The zero-order chi connectivity index (χ0) is 18.5. The van der Waals surface area contributed by atoms with Crippen LogP contribution in [0.5, 0.6) is 0 Å². The number of nitrogens with zero attached hydrogens (tertiary/aromatic N) is 2. The van der Waals surface area contributed by atoms with Gasteiger partial charge in [-0.1, -0.05) is 29.8 Å². The first-order valence-corrected chi connectivity index (χ1v) is 10.1. The summed E-state index contributed by atoms with van der Waals surface area (Å²) in [4.78, 5) is 11.8. The fourth-order valence-electron chi connectivity index (χ4n) is 3.49. The van der Waals surface area contributed by atoms with Crippen LogP contribution >= 0.6 is 11.6 Å². The lowest BCUT2D eigenvalue weighted by molar-refractivity contribution is 0.397. The Morgan fingerprint density at radius 1 is 1.19 bits per heavy atom. The van der Waals surface area contributed by atoms with Gasteiger partial charge in [0.15, 0.2) is 5.58 Å². The van der Waals surface area contributed by atoms with E-state index < -0.39 is 15.8 Å². The number of benzene rings is 2. The molecule has 0 radical (unpaired) electrons. The number of sulfonamides is 1. The number of halogens is 1. The van der Waals surface area contributed by atoms with Crippen LogP contribution < -0.4 is 5.76 Å². The summed E-state index contributed by atoms with van der Waals surface area (Å²) in [5.74, 6) is -0.523. The molecule has 6 nitrogen and oxygen atoms in total. The summed E-state index contributed by atoms with van der Waals surface area (Å²) >= 11 is 6.29. The van der Waals surface area contributed by atoms with Gasteiger partial charge in [-0.05, 0) is 36.6 Å². The van der Waals surface area contributed by atoms with Crippen LogP contribution in [-0.4, -0.2) is 23.8 Å². The molecule has 8 heteroatoms. The fourth-order valence-corrected chi connectivity index (χ4v) is 5.45. The molecule has 0 aliphatic carbocycles. The number of hydrogen-bond donors (Lipinski definition) is 0. The molecule has 2 aromatic carbocycles. The summed E-state index contributed by atoms with van der Waals surface area (Å²) in [6, 6.07) is 11.5. The lowest BCUT2D eigenvalue weighted by atomic mass is 10.1. The Labute approximate surface area is 155 Å². The highest BCUT2D eigenvalue weighted by Crippen LogP contribution is 2.39. The zero-order valence-corrected chi connectivity index (χ0v) is 15.6. The summed E-state index contributed by atoms with van der Waals surface area (Å²) < 4.78 is 34.4. The van der Waals surface area contributed by atoms with Crippen LogP contribution in [0.15, 0.2) is 56.6 Å². The van der Waals surface area contributed by atoms with Gasteiger partial charge in [0, 0.05) is 24.7 Å². The number of aromatic nitrogens is 1. The molecule has 1 atom stereocenters. The van der Waals surface area contributed by atoms with Gasteiger partial charge in [0.25, 0.3) is 0 Å². The van der Waals surface area contributed by atoms with Crippen molar-refractivity contribution in [1.29, 1.82) is 0 Å². The van der Waals surface area contributed by atoms with Gasteiger partial charge in [-0.25, -0.2) is 13.2 Å². The van der Waals surface area contributed by atoms with Gasteiger partial charge in [-0.15, -0.1) is 0 Å². The molecule has 26 heavy (non-hydrogen) atoms. The number of rotatable bonds is 3. The first kappa shape index (κ1) is 17.3. The van der Waals surface area contributed by atoms with Crippen molar-refractivity contribution in [2.45, 2.75) is 23.8 Å². The Bertz CT molecular complexity index is 1150. The number of aryl methyl sites for hydroxylation is 1. The molecule has 0 bridgehead atoms. The van der Waals surface area contributed by atoms with E-state index in [1.165, 1.54) is 21.0 Å².